The number of nitrogens with one attached hydrogen (secondary N) is 1. The SMILES string of the molecule is Cc1ccc(C(NC(C)C)c2nccs2)cc1C. The fraction of sp³-hybridized carbons (Fsp3) is 0.400. The normalized spacial score (nSPS) is 12.9. The van der Waals surface area contributed by atoms with Crippen LogP contribution < -0.4 is 5.32 Å². The summed E-state index contributed by atoms with van der Waals surface area (Å²) in [5, 5.41) is 6.76. The first-order valence-electron chi connectivity index (χ1n) is 6.30. The Bertz CT molecular complexity index is 503. The zero-order valence-corrected chi connectivity index (χ0v) is 12.2. The van der Waals surface area contributed by atoms with E-state index in [1.54, 1.807) is 11.3 Å². The fourth-order valence-electron chi connectivity index (χ4n) is 1.96. The monoisotopic (exact) mass is 260 g/mol. The quantitative estimate of drug-likeness (QED) is 0.903. The molecule has 2 aromatic rings. The molecule has 1 atom stereocenters. The lowest BCUT2D eigenvalue weighted by molar-refractivity contribution is 0.527. The van der Waals surface area contributed by atoms with E-state index in [0.717, 1.165) is 5.01 Å². The highest BCUT2D eigenvalue weighted by atomic mass is 32.1. The van der Waals surface area contributed by atoms with Crippen molar-refractivity contribution >= 4 is 11.3 Å². The molecular weight excluding hydrogens is 240 g/mol. The Hall–Kier alpha value is -1.19. The summed E-state index contributed by atoms with van der Waals surface area (Å²) in [4.78, 5) is 4.45. The molecule has 0 aliphatic carbocycles. The van der Waals surface area contributed by atoms with Crippen molar-refractivity contribution in [1.82, 2.24) is 10.3 Å². The molecule has 0 aliphatic heterocycles. The van der Waals surface area contributed by atoms with E-state index in [4.69, 9.17) is 0 Å². The molecule has 96 valence electrons. The van der Waals surface area contributed by atoms with Crippen LogP contribution in [0.3, 0.4) is 0 Å². The van der Waals surface area contributed by atoms with Gasteiger partial charge >= 0.3 is 0 Å². The Kier molecular flexibility index (Phi) is 4.15. The molecule has 0 spiro atoms. The molecule has 1 N–H and O–H groups in total. The Labute approximate surface area is 113 Å². The average molecular weight is 260 g/mol. The van der Waals surface area contributed by atoms with Crippen molar-refractivity contribution in [2.75, 3.05) is 0 Å². The van der Waals surface area contributed by atoms with Crippen molar-refractivity contribution in [2.24, 2.45) is 0 Å². The van der Waals surface area contributed by atoms with E-state index >= 15 is 0 Å². The molecule has 0 bridgehead atoms. The van der Waals surface area contributed by atoms with E-state index in [1.165, 1.54) is 16.7 Å². The predicted octanol–water partition coefficient (Wildman–Crippen LogP) is 3.85. The molecule has 1 unspecified atom stereocenters. The second-order valence-electron chi connectivity index (χ2n) is 4.97. The van der Waals surface area contributed by atoms with E-state index < -0.39 is 0 Å². The number of hydrogen-bond donors (Lipinski definition) is 1. The largest absolute Gasteiger partial charge is 0.302 e. The van der Waals surface area contributed by atoms with Gasteiger partial charge in [0, 0.05) is 17.6 Å². The van der Waals surface area contributed by atoms with Gasteiger partial charge in [0.15, 0.2) is 0 Å². The molecule has 0 fully saturated rings. The van der Waals surface area contributed by atoms with Gasteiger partial charge in [0.25, 0.3) is 0 Å². The first-order valence-corrected chi connectivity index (χ1v) is 7.18. The summed E-state index contributed by atoms with van der Waals surface area (Å²) in [6.45, 7) is 8.64. The van der Waals surface area contributed by atoms with Crippen LogP contribution in [0.4, 0.5) is 0 Å². The van der Waals surface area contributed by atoms with Crippen LogP contribution in [-0.2, 0) is 0 Å². The van der Waals surface area contributed by atoms with Crippen LogP contribution in [0.5, 0.6) is 0 Å². The van der Waals surface area contributed by atoms with Crippen LogP contribution in [0.2, 0.25) is 0 Å². The van der Waals surface area contributed by atoms with Crippen molar-refractivity contribution in [3.05, 3.63) is 51.5 Å². The van der Waals surface area contributed by atoms with Crippen molar-refractivity contribution in [3.63, 3.8) is 0 Å². The van der Waals surface area contributed by atoms with Gasteiger partial charge in [0.1, 0.15) is 5.01 Å². The number of thiazole rings is 1. The van der Waals surface area contributed by atoms with Gasteiger partial charge in [0.2, 0.25) is 0 Å². The fourth-order valence-corrected chi connectivity index (χ4v) is 2.69. The van der Waals surface area contributed by atoms with Crippen molar-refractivity contribution in [1.29, 1.82) is 0 Å². The van der Waals surface area contributed by atoms with Gasteiger partial charge in [-0.1, -0.05) is 18.2 Å². The summed E-state index contributed by atoms with van der Waals surface area (Å²) in [7, 11) is 0. The number of rotatable bonds is 4. The minimum Gasteiger partial charge on any atom is -0.302 e. The summed E-state index contributed by atoms with van der Waals surface area (Å²) >= 11 is 1.70. The molecule has 0 saturated heterocycles. The van der Waals surface area contributed by atoms with Crippen LogP contribution in [0.1, 0.15) is 41.6 Å². The van der Waals surface area contributed by atoms with Crippen LogP contribution in [0.15, 0.2) is 29.8 Å². The van der Waals surface area contributed by atoms with Crippen molar-refractivity contribution in [2.45, 2.75) is 39.8 Å². The van der Waals surface area contributed by atoms with Gasteiger partial charge in [-0.2, -0.15) is 0 Å². The molecular formula is C15H20N2S. The number of hydrogen-bond acceptors (Lipinski definition) is 3. The van der Waals surface area contributed by atoms with E-state index in [0.29, 0.717) is 6.04 Å². The lowest BCUT2D eigenvalue weighted by Gasteiger charge is -2.20. The van der Waals surface area contributed by atoms with Crippen molar-refractivity contribution in [3.8, 4) is 0 Å². The lowest BCUT2D eigenvalue weighted by atomic mass is 10.0. The summed E-state index contributed by atoms with van der Waals surface area (Å²) in [6, 6.07) is 7.28. The molecule has 2 nitrogen and oxygen atoms in total. The minimum atomic E-state index is 0.198. The lowest BCUT2D eigenvalue weighted by Crippen LogP contribution is -2.28. The summed E-state index contributed by atoms with van der Waals surface area (Å²) in [5.74, 6) is 0. The summed E-state index contributed by atoms with van der Waals surface area (Å²) in [6.07, 6.45) is 1.87. The predicted molar refractivity (Wildman–Crippen MR) is 78.1 cm³/mol. The third kappa shape index (κ3) is 2.98. The highest BCUT2D eigenvalue weighted by Gasteiger charge is 2.17. The maximum atomic E-state index is 4.45. The van der Waals surface area contributed by atoms with Gasteiger partial charge in [-0.05, 0) is 44.4 Å². The third-order valence-corrected chi connectivity index (χ3v) is 3.90. The van der Waals surface area contributed by atoms with Crippen LogP contribution in [0, 0.1) is 13.8 Å². The zero-order chi connectivity index (χ0) is 13.1. The van der Waals surface area contributed by atoms with E-state index in [-0.39, 0.29) is 6.04 Å². The van der Waals surface area contributed by atoms with E-state index in [9.17, 15) is 0 Å². The first kappa shape index (κ1) is 13.2. The minimum absolute atomic E-state index is 0.198. The number of benzene rings is 1. The molecule has 0 amide bonds. The van der Waals surface area contributed by atoms with E-state index in [1.807, 2.05) is 11.6 Å². The number of aromatic nitrogens is 1. The molecule has 3 heteroatoms. The molecule has 2 rings (SSSR count). The first-order chi connectivity index (χ1) is 8.58. The molecule has 0 radical (unpaired) electrons. The number of aryl methyl sites for hydroxylation is 2. The topological polar surface area (TPSA) is 24.9 Å². The second kappa shape index (κ2) is 5.63. The molecule has 0 saturated carbocycles. The van der Waals surface area contributed by atoms with Gasteiger partial charge in [-0.25, -0.2) is 4.98 Å². The van der Waals surface area contributed by atoms with Crippen molar-refractivity contribution < 1.29 is 0 Å². The Morgan fingerprint density at radius 3 is 2.50 bits per heavy atom. The maximum absolute atomic E-state index is 4.45. The third-order valence-electron chi connectivity index (χ3n) is 3.06. The Morgan fingerprint density at radius 1 is 1.17 bits per heavy atom. The molecule has 1 aromatic carbocycles. The standard InChI is InChI=1S/C15H20N2S/c1-10(2)17-14(15-16-7-8-18-15)13-6-5-11(3)12(4)9-13/h5-10,14,17H,1-4H3. The van der Waals surface area contributed by atoms with Gasteiger partial charge in [0.05, 0.1) is 6.04 Å². The van der Waals surface area contributed by atoms with Crippen LogP contribution >= 0.6 is 11.3 Å². The molecule has 0 aliphatic rings. The van der Waals surface area contributed by atoms with E-state index in [2.05, 4.69) is 56.2 Å². The molecule has 1 heterocycles. The van der Waals surface area contributed by atoms with Crippen LogP contribution in [-0.4, -0.2) is 11.0 Å². The van der Waals surface area contributed by atoms with Gasteiger partial charge < -0.3 is 5.32 Å². The maximum Gasteiger partial charge on any atom is 0.114 e. The average Bonchev–Trinajstić information content (AvgIpc) is 2.83. The summed E-state index contributed by atoms with van der Waals surface area (Å²) in [5.41, 5.74) is 3.96. The zero-order valence-electron chi connectivity index (χ0n) is 11.4. The molecule has 18 heavy (non-hydrogen) atoms. The number of nitrogens with zero attached hydrogens (tertiary/aromatic N) is 1. The highest BCUT2D eigenvalue weighted by molar-refractivity contribution is 7.09. The summed E-state index contributed by atoms with van der Waals surface area (Å²) < 4.78 is 0. The van der Waals surface area contributed by atoms with Gasteiger partial charge in [-0.3, -0.25) is 0 Å². The Balaban J connectivity index is 2.36. The molecule has 1 aromatic heterocycles. The second-order valence-corrected chi connectivity index (χ2v) is 5.89. The highest BCUT2D eigenvalue weighted by Crippen LogP contribution is 2.26. The van der Waals surface area contributed by atoms with Gasteiger partial charge in [-0.15, -0.1) is 11.3 Å². The Morgan fingerprint density at radius 2 is 1.94 bits per heavy atom. The smallest absolute Gasteiger partial charge is 0.114 e. The van der Waals surface area contributed by atoms with Crippen LogP contribution in [0.25, 0.3) is 0 Å².